The largest absolute Gasteiger partial charge is 0.469 e. The van der Waals surface area contributed by atoms with E-state index in [4.69, 9.17) is 5.73 Å². The fraction of sp³-hybridized carbons (Fsp3) is 0.375. The number of nitrogens with zero attached hydrogens (tertiary/aromatic N) is 2. The summed E-state index contributed by atoms with van der Waals surface area (Å²) in [4.78, 5) is 18.9. The average Bonchev–Trinajstić information content (AvgIpc) is 2.16. The first kappa shape index (κ1) is 10.9. The second kappa shape index (κ2) is 4.90. The molecule has 1 rings (SSSR count). The lowest BCUT2D eigenvalue weighted by atomic mass is 10.2. The van der Waals surface area contributed by atoms with Crippen LogP contribution in [-0.2, 0) is 16.0 Å². The van der Waals surface area contributed by atoms with Crippen LogP contribution in [0.2, 0.25) is 0 Å². The van der Waals surface area contributed by atoms with E-state index in [0.29, 0.717) is 22.5 Å². The quantitative estimate of drug-likeness (QED) is 0.818. The summed E-state index contributed by atoms with van der Waals surface area (Å²) in [5, 5.41) is 0. The zero-order valence-corrected chi connectivity index (χ0v) is 9.24. The van der Waals surface area contributed by atoms with Crippen molar-refractivity contribution in [3.63, 3.8) is 0 Å². The van der Waals surface area contributed by atoms with Gasteiger partial charge in [0.15, 0.2) is 0 Å². The van der Waals surface area contributed by atoms with Crippen LogP contribution in [0.25, 0.3) is 0 Å². The van der Waals surface area contributed by atoms with Crippen molar-refractivity contribution in [2.75, 3.05) is 12.8 Å². The summed E-state index contributed by atoms with van der Waals surface area (Å²) in [6.07, 6.45) is 2.23. The molecule has 0 bridgehead atoms. The van der Waals surface area contributed by atoms with Gasteiger partial charge in [-0.2, -0.15) is 0 Å². The van der Waals surface area contributed by atoms with Gasteiger partial charge in [0.2, 0.25) is 0 Å². The lowest BCUT2D eigenvalue weighted by Gasteiger charge is -2.02. The molecule has 0 fully saturated rings. The molecule has 0 radical (unpaired) electrons. The minimum absolute atomic E-state index is 0.268. The molecular weight excluding hydrogens is 250 g/mol. The van der Waals surface area contributed by atoms with Gasteiger partial charge in [0, 0.05) is 6.42 Å². The number of methoxy groups -OCH3 is 1. The molecule has 0 aliphatic carbocycles. The zero-order valence-electron chi connectivity index (χ0n) is 7.66. The van der Waals surface area contributed by atoms with Crippen molar-refractivity contribution < 1.29 is 9.53 Å². The van der Waals surface area contributed by atoms with Gasteiger partial charge in [-0.3, -0.25) is 9.78 Å². The van der Waals surface area contributed by atoms with E-state index in [1.54, 1.807) is 0 Å². The number of halogens is 1. The Balaban J connectivity index is 2.63. The number of aryl methyl sites for hydroxylation is 1. The first-order valence-corrected chi connectivity index (χ1v) is 4.76. The van der Waals surface area contributed by atoms with Crippen molar-refractivity contribution in [3.05, 3.63) is 16.5 Å². The van der Waals surface area contributed by atoms with Gasteiger partial charge < -0.3 is 10.5 Å². The molecule has 0 unspecified atom stereocenters. The fourth-order valence-corrected chi connectivity index (χ4v) is 1.40. The highest BCUT2D eigenvalue weighted by molar-refractivity contribution is 9.10. The number of anilines is 1. The van der Waals surface area contributed by atoms with E-state index >= 15 is 0 Å². The zero-order chi connectivity index (χ0) is 10.6. The molecular formula is C8H10BrN3O2. The van der Waals surface area contributed by atoms with Crippen LogP contribution >= 0.6 is 15.9 Å². The van der Waals surface area contributed by atoms with E-state index in [2.05, 4.69) is 30.6 Å². The number of nitrogens with two attached hydrogens (primary N) is 1. The Kier molecular flexibility index (Phi) is 3.82. The lowest BCUT2D eigenvalue weighted by molar-refractivity contribution is -0.140. The molecule has 0 aliphatic rings. The number of carbonyl (C=O) groups is 1. The molecule has 5 nitrogen and oxygen atoms in total. The predicted octanol–water partition coefficient (Wildman–Crippen LogP) is 0.927. The average molecular weight is 260 g/mol. The van der Waals surface area contributed by atoms with Crippen molar-refractivity contribution in [1.82, 2.24) is 9.97 Å². The minimum atomic E-state index is -0.268. The third-order valence-electron chi connectivity index (χ3n) is 1.61. The van der Waals surface area contributed by atoms with Gasteiger partial charge in [0.25, 0.3) is 0 Å². The van der Waals surface area contributed by atoms with E-state index in [-0.39, 0.29) is 12.4 Å². The number of rotatable bonds is 3. The smallest absolute Gasteiger partial charge is 0.305 e. The van der Waals surface area contributed by atoms with Gasteiger partial charge in [-0.15, -0.1) is 0 Å². The summed E-state index contributed by atoms with van der Waals surface area (Å²) in [6, 6.07) is 0. The van der Waals surface area contributed by atoms with Gasteiger partial charge in [0.1, 0.15) is 10.4 Å². The number of hydrogen-bond donors (Lipinski definition) is 1. The van der Waals surface area contributed by atoms with Gasteiger partial charge in [-0.05, 0) is 15.9 Å². The SMILES string of the molecule is COC(=O)CCc1ncc(N)nc1Br. The molecule has 0 amide bonds. The van der Waals surface area contributed by atoms with Crippen LogP contribution in [0.4, 0.5) is 5.82 Å². The molecule has 14 heavy (non-hydrogen) atoms. The van der Waals surface area contributed by atoms with Gasteiger partial charge >= 0.3 is 5.97 Å². The molecule has 1 aromatic heterocycles. The van der Waals surface area contributed by atoms with Crippen molar-refractivity contribution in [3.8, 4) is 0 Å². The Bertz CT molecular complexity index is 343. The van der Waals surface area contributed by atoms with Crippen LogP contribution in [0.5, 0.6) is 0 Å². The maximum atomic E-state index is 10.9. The summed E-state index contributed by atoms with van der Waals surface area (Å²) < 4.78 is 5.08. The first-order valence-electron chi connectivity index (χ1n) is 3.97. The second-order valence-electron chi connectivity index (χ2n) is 2.61. The Morgan fingerprint density at radius 1 is 1.71 bits per heavy atom. The fourth-order valence-electron chi connectivity index (χ4n) is 0.894. The molecule has 0 spiro atoms. The molecule has 0 saturated heterocycles. The molecule has 76 valence electrons. The van der Waals surface area contributed by atoms with Crippen molar-refractivity contribution in [2.24, 2.45) is 0 Å². The third kappa shape index (κ3) is 2.95. The molecule has 2 N–H and O–H groups in total. The van der Waals surface area contributed by atoms with Crippen molar-refractivity contribution in [1.29, 1.82) is 0 Å². The molecule has 1 heterocycles. The normalized spacial score (nSPS) is 9.86. The van der Waals surface area contributed by atoms with Crippen molar-refractivity contribution >= 4 is 27.7 Å². The van der Waals surface area contributed by atoms with E-state index in [0.717, 1.165) is 0 Å². The summed E-state index contributed by atoms with van der Waals surface area (Å²) >= 11 is 3.21. The molecule has 6 heteroatoms. The van der Waals surface area contributed by atoms with E-state index < -0.39 is 0 Å². The maximum absolute atomic E-state index is 10.9. The Labute approximate surface area is 89.8 Å². The third-order valence-corrected chi connectivity index (χ3v) is 2.25. The number of esters is 1. The van der Waals surface area contributed by atoms with Gasteiger partial charge in [-0.1, -0.05) is 0 Å². The summed E-state index contributed by atoms with van der Waals surface area (Å²) in [5.41, 5.74) is 6.11. The first-order chi connectivity index (χ1) is 6.63. The Morgan fingerprint density at radius 3 is 3.00 bits per heavy atom. The molecule has 0 saturated carbocycles. The second-order valence-corrected chi connectivity index (χ2v) is 3.36. The monoisotopic (exact) mass is 259 g/mol. The van der Waals surface area contributed by atoms with Crippen LogP contribution < -0.4 is 5.73 Å². The van der Waals surface area contributed by atoms with Crippen LogP contribution in [-0.4, -0.2) is 23.0 Å². The van der Waals surface area contributed by atoms with E-state index in [1.165, 1.54) is 13.3 Å². The number of ether oxygens (including phenoxy) is 1. The standard InChI is InChI=1S/C8H10BrN3O2/c1-14-7(13)3-2-5-8(9)12-6(10)4-11-5/h4H,2-3H2,1H3,(H2,10,12). The van der Waals surface area contributed by atoms with Crippen LogP contribution in [0.1, 0.15) is 12.1 Å². The Morgan fingerprint density at radius 2 is 2.43 bits per heavy atom. The maximum Gasteiger partial charge on any atom is 0.305 e. The van der Waals surface area contributed by atoms with Gasteiger partial charge in [0.05, 0.1) is 25.4 Å². The number of nitrogen functional groups attached to an aromatic ring is 1. The van der Waals surface area contributed by atoms with E-state index in [9.17, 15) is 4.79 Å². The van der Waals surface area contributed by atoms with Crippen LogP contribution in [0, 0.1) is 0 Å². The number of aromatic nitrogens is 2. The summed E-state index contributed by atoms with van der Waals surface area (Å²) in [6.45, 7) is 0. The Hall–Kier alpha value is -1.17. The highest BCUT2D eigenvalue weighted by Gasteiger charge is 2.07. The van der Waals surface area contributed by atoms with Crippen LogP contribution in [0.15, 0.2) is 10.8 Å². The minimum Gasteiger partial charge on any atom is -0.469 e. The summed E-state index contributed by atoms with van der Waals surface area (Å²) in [7, 11) is 1.35. The van der Waals surface area contributed by atoms with E-state index in [1.807, 2.05) is 0 Å². The molecule has 0 aromatic carbocycles. The molecule has 1 aromatic rings. The predicted molar refractivity (Wildman–Crippen MR) is 54.5 cm³/mol. The highest BCUT2D eigenvalue weighted by atomic mass is 79.9. The highest BCUT2D eigenvalue weighted by Crippen LogP contribution is 2.14. The topological polar surface area (TPSA) is 78.1 Å². The van der Waals surface area contributed by atoms with Crippen LogP contribution in [0.3, 0.4) is 0 Å². The van der Waals surface area contributed by atoms with Crippen molar-refractivity contribution in [2.45, 2.75) is 12.8 Å². The lowest BCUT2D eigenvalue weighted by Crippen LogP contribution is -2.05. The molecule has 0 atom stereocenters. The van der Waals surface area contributed by atoms with Gasteiger partial charge in [-0.25, -0.2) is 4.98 Å². The number of hydrogen-bond acceptors (Lipinski definition) is 5. The molecule has 0 aliphatic heterocycles. The summed E-state index contributed by atoms with van der Waals surface area (Å²) in [5.74, 6) is 0.0780. The number of carbonyl (C=O) groups excluding carboxylic acids is 1.